The highest BCUT2D eigenvalue weighted by atomic mass is 31.2. The summed E-state index contributed by atoms with van der Waals surface area (Å²) in [5.41, 5.74) is 0. The first-order chi connectivity index (χ1) is 26.0. The van der Waals surface area contributed by atoms with Crippen LogP contribution in [0.1, 0.15) is 130 Å². The molecule has 0 aromatic heterocycles. The van der Waals surface area contributed by atoms with Crippen molar-refractivity contribution in [2.24, 2.45) is 5.92 Å². The van der Waals surface area contributed by atoms with Gasteiger partial charge in [0.2, 0.25) is 0 Å². The summed E-state index contributed by atoms with van der Waals surface area (Å²) in [6, 6.07) is 0. The average molecular weight is 783 g/mol. The van der Waals surface area contributed by atoms with Gasteiger partial charge in [0.05, 0.1) is 25.9 Å². The molecule has 0 rings (SSSR count). The summed E-state index contributed by atoms with van der Waals surface area (Å²) in [6.07, 6.45) is 35.2. The maximum atomic E-state index is 12.5. The minimum Gasteiger partial charge on any atom is -0.462 e. The Labute approximate surface area is 325 Å². The zero-order chi connectivity index (χ0) is 40.1. The van der Waals surface area contributed by atoms with Gasteiger partial charge in [-0.1, -0.05) is 145 Å². The van der Waals surface area contributed by atoms with Crippen LogP contribution in [0.2, 0.25) is 0 Å². The molecule has 310 valence electrons. The summed E-state index contributed by atoms with van der Waals surface area (Å²) in [5, 5.41) is 28.1. The van der Waals surface area contributed by atoms with Crippen LogP contribution in [0.25, 0.3) is 0 Å². The Kier molecular flexibility index (Phi) is 34.3. The maximum Gasteiger partial charge on any atom is 0.472 e. The van der Waals surface area contributed by atoms with Gasteiger partial charge in [0.25, 0.3) is 0 Å². The van der Waals surface area contributed by atoms with Crippen LogP contribution in [-0.4, -0.2) is 76.9 Å². The zero-order valence-corrected chi connectivity index (χ0v) is 34.1. The normalized spacial score (nSPS) is 15.4. The fourth-order valence-corrected chi connectivity index (χ4v) is 5.61. The number of unbranched alkanes of at least 4 members (excludes halogenated alkanes) is 7. The highest BCUT2D eigenvalue weighted by molar-refractivity contribution is 7.47. The van der Waals surface area contributed by atoms with E-state index in [-0.39, 0.29) is 19.4 Å². The third kappa shape index (κ3) is 36.4. The van der Waals surface area contributed by atoms with E-state index in [9.17, 15) is 29.3 Å². The van der Waals surface area contributed by atoms with Gasteiger partial charge in [-0.05, 0) is 50.9 Å². The van der Waals surface area contributed by atoms with Gasteiger partial charge in [-0.15, -0.1) is 0 Å². The molecular formula is C42H71O11P. The number of esters is 2. The number of aliphatic hydroxyl groups is 3. The van der Waals surface area contributed by atoms with Crippen molar-refractivity contribution < 1.29 is 52.9 Å². The molecule has 0 radical (unpaired) electrons. The van der Waals surface area contributed by atoms with E-state index in [4.69, 9.17) is 19.1 Å². The maximum absolute atomic E-state index is 12.5. The molecule has 0 saturated heterocycles. The Hall–Kier alpha value is -2.63. The number of hydrogen-bond donors (Lipinski definition) is 4. The molecule has 2 unspecified atom stereocenters. The van der Waals surface area contributed by atoms with E-state index >= 15 is 0 Å². The molecule has 0 heterocycles. The van der Waals surface area contributed by atoms with Crippen molar-refractivity contribution in [1.82, 2.24) is 0 Å². The fourth-order valence-electron chi connectivity index (χ4n) is 4.82. The average Bonchev–Trinajstić information content (AvgIpc) is 3.14. The number of phosphoric ester groups is 1. The minimum absolute atomic E-state index is 0.0976. The third-order valence-electron chi connectivity index (χ3n) is 7.90. The molecule has 0 spiro atoms. The Balaban J connectivity index is 4.50. The van der Waals surface area contributed by atoms with Crippen LogP contribution in [0.15, 0.2) is 72.9 Å². The van der Waals surface area contributed by atoms with Crippen LogP contribution in [0, 0.1) is 5.92 Å². The summed E-state index contributed by atoms with van der Waals surface area (Å²) < 4.78 is 32.5. The smallest absolute Gasteiger partial charge is 0.462 e. The third-order valence-corrected chi connectivity index (χ3v) is 8.85. The summed E-state index contributed by atoms with van der Waals surface area (Å²) in [6.45, 7) is 4.31. The summed E-state index contributed by atoms with van der Waals surface area (Å²) in [4.78, 5) is 34.8. The van der Waals surface area contributed by atoms with E-state index < -0.39 is 57.9 Å². The molecule has 0 aromatic rings. The number of carbonyl (C=O) groups is 2. The second-order valence-electron chi connectivity index (χ2n) is 13.6. The molecule has 0 amide bonds. The summed E-state index contributed by atoms with van der Waals surface area (Å²) >= 11 is 0. The minimum atomic E-state index is -4.64. The largest absolute Gasteiger partial charge is 0.472 e. The molecule has 12 heteroatoms. The van der Waals surface area contributed by atoms with Gasteiger partial charge in [0, 0.05) is 12.8 Å². The lowest BCUT2D eigenvalue weighted by Gasteiger charge is -2.20. The summed E-state index contributed by atoms with van der Waals surface area (Å²) in [7, 11) is -4.64. The topological polar surface area (TPSA) is 169 Å². The van der Waals surface area contributed by atoms with E-state index in [1.165, 1.54) is 32.1 Å². The molecule has 54 heavy (non-hydrogen) atoms. The van der Waals surface area contributed by atoms with Crippen LogP contribution >= 0.6 is 7.82 Å². The first-order valence-corrected chi connectivity index (χ1v) is 21.4. The monoisotopic (exact) mass is 782 g/mol. The van der Waals surface area contributed by atoms with Gasteiger partial charge in [0.15, 0.2) is 6.10 Å². The van der Waals surface area contributed by atoms with Crippen LogP contribution in [-0.2, 0) is 32.7 Å². The molecular weight excluding hydrogens is 711 g/mol. The first-order valence-electron chi connectivity index (χ1n) is 19.9. The van der Waals surface area contributed by atoms with Gasteiger partial charge < -0.3 is 29.7 Å². The van der Waals surface area contributed by atoms with E-state index in [1.807, 2.05) is 48.6 Å². The lowest BCUT2D eigenvalue weighted by Crippen LogP contribution is -2.29. The number of carbonyl (C=O) groups excluding carboxylic acids is 2. The predicted molar refractivity (Wildman–Crippen MR) is 216 cm³/mol. The van der Waals surface area contributed by atoms with Crippen LogP contribution in [0.5, 0.6) is 0 Å². The van der Waals surface area contributed by atoms with Crippen molar-refractivity contribution in [3.63, 3.8) is 0 Å². The van der Waals surface area contributed by atoms with Crippen LogP contribution in [0.4, 0.5) is 0 Å². The van der Waals surface area contributed by atoms with E-state index in [2.05, 4.69) is 43.5 Å². The predicted octanol–water partition coefficient (Wildman–Crippen LogP) is 8.93. The highest BCUT2D eigenvalue weighted by Gasteiger charge is 2.27. The molecule has 11 nitrogen and oxygen atoms in total. The van der Waals surface area contributed by atoms with Gasteiger partial charge in [-0.2, -0.15) is 0 Å². The number of phosphoric acid groups is 1. The molecule has 0 fully saturated rings. The van der Waals surface area contributed by atoms with E-state index in [1.54, 1.807) is 6.08 Å². The number of aliphatic hydroxyl groups excluding tert-OH is 3. The number of allylic oxidation sites excluding steroid dienone is 10. The van der Waals surface area contributed by atoms with Crippen molar-refractivity contribution in [2.75, 3.05) is 26.4 Å². The molecule has 0 saturated carbocycles. The van der Waals surface area contributed by atoms with Crippen molar-refractivity contribution in [1.29, 1.82) is 0 Å². The SMILES string of the molecule is CC/C=C\CC(O)/C=C/C=C/C/C=C\C/C=C\C/C=C\CCC(=O)OC[C@H](COP(=O)(O)OC[C@@H](O)CO)OC(=O)CCCCCCCCCCC(C)C. The van der Waals surface area contributed by atoms with Gasteiger partial charge >= 0.3 is 19.8 Å². The number of hydrogen-bond acceptors (Lipinski definition) is 10. The quantitative estimate of drug-likeness (QED) is 0.0159. The van der Waals surface area contributed by atoms with E-state index in [0.717, 1.165) is 50.9 Å². The van der Waals surface area contributed by atoms with Gasteiger partial charge in [-0.3, -0.25) is 18.6 Å². The first kappa shape index (κ1) is 51.4. The van der Waals surface area contributed by atoms with Gasteiger partial charge in [-0.25, -0.2) is 4.57 Å². The van der Waals surface area contributed by atoms with Crippen molar-refractivity contribution in [2.45, 2.75) is 148 Å². The molecule has 4 N–H and O–H groups in total. The zero-order valence-electron chi connectivity index (χ0n) is 33.2. The second kappa shape index (κ2) is 36.0. The van der Waals surface area contributed by atoms with Gasteiger partial charge in [0.1, 0.15) is 12.7 Å². The Morgan fingerprint density at radius 2 is 1.28 bits per heavy atom. The van der Waals surface area contributed by atoms with Crippen molar-refractivity contribution in [3.05, 3.63) is 72.9 Å². The van der Waals surface area contributed by atoms with Crippen molar-refractivity contribution >= 4 is 19.8 Å². The standard InChI is InChI=1S/C42H71O11P/c1-4-5-23-29-38(44)30-25-20-16-11-9-7-6-8-10-12-17-21-26-31-41(46)50-35-40(36-52-54(48,49)51-34-39(45)33-43)53-42(47)32-27-22-18-14-13-15-19-24-28-37(2)3/h5,7-10,16-17,20-21,23,25,30,37-40,43-45H,4,6,11-15,18-19,22,24,26-29,31-36H2,1-3H3,(H,48,49)/b9-7-,10-8-,20-16+,21-17-,23-5-,30-25+/t38?,39-,40+/m0/s1. The fraction of sp³-hybridized carbons (Fsp3) is 0.667. The van der Waals surface area contributed by atoms with Crippen molar-refractivity contribution in [3.8, 4) is 0 Å². The van der Waals surface area contributed by atoms with Crippen LogP contribution in [0.3, 0.4) is 0 Å². The Morgan fingerprint density at radius 3 is 1.91 bits per heavy atom. The second-order valence-corrected chi connectivity index (χ2v) is 15.1. The number of rotatable bonds is 35. The molecule has 4 atom stereocenters. The summed E-state index contributed by atoms with van der Waals surface area (Å²) in [5.74, 6) is -0.308. The molecule has 0 bridgehead atoms. The molecule has 0 aliphatic rings. The molecule has 0 aromatic carbocycles. The van der Waals surface area contributed by atoms with Crippen LogP contribution < -0.4 is 0 Å². The Bertz CT molecular complexity index is 1160. The Morgan fingerprint density at radius 1 is 0.685 bits per heavy atom. The lowest BCUT2D eigenvalue weighted by atomic mass is 10.0. The molecule has 0 aliphatic heterocycles. The lowest BCUT2D eigenvalue weighted by molar-refractivity contribution is -0.161. The number of ether oxygens (including phenoxy) is 2. The van der Waals surface area contributed by atoms with E-state index in [0.29, 0.717) is 19.3 Å². The molecule has 0 aliphatic carbocycles. The highest BCUT2D eigenvalue weighted by Crippen LogP contribution is 2.43.